The monoisotopic (exact) mass is 229 g/mol. The molecule has 2 aromatic rings. The number of hydrogen-bond acceptors (Lipinski definition) is 1. The van der Waals surface area contributed by atoms with Crippen LogP contribution < -0.4 is 0 Å². The van der Waals surface area contributed by atoms with Crippen LogP contribution in [0.4, 0.5) is 0 Å². The number of aliphatic carboxylic acids is 1. The summed E-state index contributed by atoms with van der Waals surface area (Å²) >= 11 is 0. The Kier molecular flexibility index (Phi) is 2.21. The number of carboxylic acids is 1. The van der Waals surface area contributed by atoms with E-state index in [1.807, 2.05) is 24.4 Å². The molecule has 1 aromatic carbocycles. The zero-order valence-electron chi connectivity index (χ0n) is 9.57. The van der Waals surface area contributed by atoms with E-state index in [1.54, 1.807) is 0 Å². The van der Waals surface area contributed by atoms with Crippen LogP contribution in [0.5, 0.6) is 0 Å². The Labute approximate surface area is 99.5 Å². The van der Waals surface area contributed by atoms with Gasteiger partial charge in [-0.3, -0.25) is 4.79 Å². The predicted octanol–water partition coefficient (Wildman–Crippen LogP) is 2.97. The van der Waals surface area contributed by atoms with E-state index < -0.39 is 11.4 Å². The lowest BCUT2D eigenvalue weighted by Gasteiger charge is -2.08. The first-order valence-electron chi connectivity index (χ1n) is 6.00. The summed E-state index contributed by atoms with van der Waals surface area (Å²) in [5.74, 6) is -0.627. The number of rotatable bonds is 4. The van der Waals surface area contributed by atoms with E-state index in [2.05, 4.69) is 11.1 Å². The van der Waals surface area contributed by atoms with E-state index in [9.17, 15) is 4.79 Å². The first-order chi connectivity index (χ1) is 8.21. The van der Waals surface area contributed by atoms with Crippen molar-refractivity contribution in [2.24, 2.45) is 5.41 Å². The summed E-state index contributed by atoms with van der Waals surface area (Å²) < 4.78 is 0. The highest BCUT2D eigenvalue weighted by molar-refractivity contribution is 5.83. The Morgan fingerprint density at radius 2 is 2.12 bits per heavy atom. The molecule has 0 atom stereocenters. The van der Waals surface area contributed by atoms with Crippen LogP contribution in [0.15, 0.2) is 30.5 Å². The summed E-state index contributed by atoms with van der Waals surface area (Å²) in [4.78, 5) is 14.3. The second-order valence-electron chi connectivity index (χ2n) is 4.94. The number of carboxylic acid groups (broad SMARTS) is 1. The SMILES string of the molecule is O=C(O)C1(CCc2c[nH]c3ccccc23)CC1. The number of nitrogens with one attached hydrogen (secondary N) is 1. The lowest BCUT2D eigenvalue weighted by molar-refractivity contribution is -0.143. The minimum Gasteiger partial charge on any atom is -0.481 e. The molecule has 0 aliphatic heterocycles. The fraction of sp³-hybridized carbons (Fsp3) is 0.357. The van der Waals surface area contributed by atoms with Gasteiger partial charge in [0.15, 0.2) is 0 Å². The van der Waals surface area contributed by atoms with Gasteiger partial charge in [-0.15, -0.1) is 0 Å². The molecule has 2 N–H and O–H groups in total. The van der Waals surface area contributed by atoms with Crippen molar-refractivity contribution >= 4 is 16.9 Å². The topological polar surface area (TPSA) is 53.1 Å². The Balaban J connectivity index is 1.80. The molecule has 17 heavy (non-hydrogen) atoms. The van der Waals surface area contributed by atoms with Crippen molar-refractivity contribution in [1.82, 2.24) is 4.98 Å². The molecule has 0 spiro atoms. The second kappa shape index (κ2) is 3.62. The molecule has 1 aromatic heterocycles. The standard InChI is InChI=1S/C14H15NO2/c16-13(17)14(7-8-14)6-5-10-9-15-12-4-2-1-3-11(10)12/h1-4,9,15H,5-8H2,(H,16,17). The zero-order chi connectivity index (χ0) is 11.9. The lowest BCUT2D eigenvalue weighted by atomic mass is 9.97. The van der Waals surface area contributed by atoms with Crippen LogP contribution in [-0.4, -0.2) is 16.1 Å². The number of aryl methyl sites for hydroxylation is 1. The maximum Gasteiger partial charge on any atom is 0.309 e. The van der Waals surface area contributed by atoms with Crippen LogP contribution in [0.3, 0.4) is 0 Å². The summed E-state index contributed by atoms with van der Waals surface area (Å²) in [7, 11) is 0. The van der Waals surface area contributed by atoms with Crippen molar-refractivity contribution in [3.63, 3.8) is 0 Å². The molecule has 0 amide bonds. The molecular formula is C14H15NO2. The number of fused-ring (bicyclic) bond motifs is 1. The van der Waals surface area contributed by atoms with Crippen molar-refractivity contribution in [1.29, 1.82) is 0 Å². The number of H-pyrrole nitrogens is 1. The van der Waals surface area contributed by atoms with Crippen molar-refractivity contribution in [2.75, 3.05) is 0 Å². The van der Waals surface area contributed by atoms with Crippen LogP contribution >= 0.6 is 0 Å². The normalized spacial score (nSPS) is 17.2. The van der Waals surface area contributed by atoms with Gasteiger partial charge in [-0.1, -0.05) is 18.2 Å². The average Bonchev–Trinajstić information content (AvgIpc) is 3.02. The molecule has 0 radical (unpaired) electrons. The van der Waals surface area contributed by atoms with Crippen molar-refractivity contribution < 1.29 is 9.90 Å². The van der Waals surface area contributed by atoms with E-state index in [0.29, 0.717) is 0 Å². The second-order valence-corrected chi connectivity index (χ2v) is 4.94. The molecule has 3 nitrogen and oxygen atoms in total. The lowest BCUT2D eigenvalue weighted by Crippen LogP contribution is -2.15. The van der Waals surface area contributed by atoms with Gasteiger partial charge in [-0.2, -0.15) is 0 Å². The highest BCUT2D eigenvalue weighted by Crippen LogP contribution is 2.49. The van der Waals surface area contributed by atoms with E-state index in [1.165, 1.54) is 10.9 Å². The van der Waals surface area contributed by atoms with E-state index in [4.69, 9.17) is 5.11 Å². The Bertz CT molecular complexity index is 566. The number of para-hydroxylation sites is 1. The molecule has 0 bridgehead atoms. The van der Waals surface area contributed by atoms with Gasteiger partial charge in [-0.05, 0) is 37.3 Å². The average molecular weight is 229 g/mol. The molecule has 1 aliphatic carbocycles. The summed E-state index contributed by atoms with van der Waals surface area (Å²) in [6.45, 7) is 0. The summed E-state index contributed by atoms with van der Waals surface area (Å²) in [6.07, 6.45) is 5.28. The number of aromatic nitrogens is 1. The first kappa shape index (κ1) is 10.4. The minimum atomic E-state index is -0.627. The van der Waals surface area contributed by atoms with Gasteiger partial charge in [0.25, 0.3) is 0 Å². The quantitative estimate of drug-likeness (QED) is 0.846. The molecule has 3 heteroatoms. The molecule has 0 saturated heterocycles. The molecule has 3 rings (SSSR count). The number of benzene rings is 1. The molecule has 1 fully saturated rings. The van der Waals surface area contributed by atoms with Gasteiger partial charge >= 0.3 is 5.97 Å². The Morgan fingerprint density at radius 3 is 2.82 bits per heavy atom. The summed E-state index contributed by atoms with van der Waals surface area (Å²) in [6, 6.07) is 8.15. The van der Waals surface area contributed by atoms with Crippen LogP contribution in [0.1, 0.15) is 24.8 Å². The Morgan fingerprint density at radius 1 is 1.35 bits per heavy atom. The molecule has 1 heterocycles. The fourth-order valence-corrected chi connectivity index (χ4v) is 2.43. The molecular weight excluding hydrogens is 214 g/mol. The highest BCUT2D eigenvalue weighted by Gasteiger charge is 2.49. The molecule has 0 unspecified atom stereocenters. The fourth-order valence-electron chi connectivity index (χ4n) is 2.43. The Hall–Kier alpha value is -1.77. The molecule has 88 valence electrons. The number of hydrogen-bond donors (Lipinski definition) is 2. The van der Waals surface area contributed by atoms with Gasteiger partial charge < -0.3 is 10.1 Å². The summed E-state index contributed by atoms with van der Waals surface area (Å²) in [5.41, 5.74) is 1.94. The van der Waals surface area contributed by atoms with E-state index >= 15 is 0 Å². The number of carbonyl (C=O) groups is 1. The third kappa shape index (κ3) is 1.71. The van der Waals surface area contributed by atoms with Crippen molar-refractivity contribution in [3.05, 3.63) is 36.0 Å². The summed E-state index contributed by atoms with van der Waals surface area (Å²) in [5, 5.41) is 10.4. The van der Waals surface area contributed by atoms with Gasteiger partial charge in [0.05, 0.1) is 5.41 Å². The van der Waals surface area contributed by atoms with Gasteiger partial charge in [0.2, 0.25) is 0 Å². The molecule has 1 aliphatic rings. The highest BCUT2D eigenvalue weighted by atomic mass is 16.4. The predicted molar refractivity (Wildman–Crippen MR) is 65.9 cm³/mol. The third-order valence-electron chi connectivity index (χ3n) is 3.86. The van der Waals surface area contributed by atoms with E-state index in [-0.39, 0.29) is 0 Å². The third-order valence-corrected chi connectivity index (χ3v) is 3.86. The van der Waals surface area contributed by atoms with Gasteiger partial charge in [0, 0.05) is 17.1 Å². The van der Waals surface area contributed by atoms with Crippen molar-refractivity contribution in [2.45, 2.75) is 25.7 Å². The number of aromatic amines is 1. The smallest absolute Gasteiger partial charge is 0.309 e. The van der Waals surface area contributed by atoms with Gasteiger partial charge in [-0.25, -0.2) is 0 Å². The van der Waals surface area contributed by atoms with Crippen LogP contribution in [0.25, 0.3) is 10.9 Å². The largest absolute Gasteiger partial charge is 0.481 e. The molecule has 1 saturated carbocycles. The van der Waals surface area contributed by atoms with Crippen LogP contribution in [0, 0.1) is 5.41 Å². The minimum absolute atomic E-state index is 0.418. The van der Waals surface area contributed by atoms with Crippen molar-refractivity contribution in [3.8, 4) is 0 Å². The van der Waals surface area contributed by atoms with Gasteiger partial charge in [0.1, 0.15) is 0 Å². The van der Waals surface area contributed by atoms with Crippen LogP contribution in [0.2, 0.25) is 0 Å². The first-order valence-corrected chi connectivity index (χ1v) is 6.00. The van der Waals surface area contributed by atoms with E-state index in [0.717, 1.165) is 31.2 Å². The maximum atomic E-state index is 11.1. The maximum absolute atomic E-state index is 11.1. The van der Waals surface area contributed by atoms with Crippen LogP contribution in [-0.2, 0) is 11.2 Å². The zero-order valence-corrected chi connectivity index (χ0v) is 9.57.